The second kappa shape index (κ2) is 7.08. The predicted molar refractivity (Wildman–Crippen MR) is 93.3 cm³/mol. The van der Waals surface area contributed by atoms with Gasteiger partial charge in [-0.25, -0.2) is 0 Å². The summed E-state index contributed by atoms with van der Waals surface area (Å²) < 4.78 is 2.16. The molecule has 0 spiro atoms. The molecular formula is C16H16Br2ClN. The van der Waals surface area contributed by atoms with Crippen molar-refractivity contribution in [1.29, 1.82) is 0 Å². The van der Waals surface area contributed by atoms with E-state index in [9.17, 15) is 0 Å². The highest BCUT2D eigenvalue weighted by Gasteiger charge is 2.15. The van der Waals surface area contributed by atoms with Crippen LogP contribution in [0.15, 0.2) is 51.4 Å². The highest BCUT2D eigenvalue weighted by Crippen LogP contribution is 2.29. The third-order valence-electron chi connectivity index (χ3n) is 3.30. The van der Waals surface area contributed by atoms with Crippen LogP contribution in [0, 0.1) is 0 Å². The van der Waals surface area contributed by atoms with Crippen LogP contribution < -0.4 is 5.32 Å². The summed E-state index contributed by atoms with van der Waals surface area (Å²) in [6, 6.07) is 14.6. The maximum atomic E-state index is 6.25. The molecule has 0 bridgehead atoms. The molecule has 2 aromatic rings. The van der Waals surface area contributed by atoms with Crippen LogP contribution in [0.5, 0.6) is 0 Å². The summed E-state index contributed by atoms with van der Waals surface area (Å²) in [5.74, 6) is 0. The van der Waals surface area contributed by atoms with Gasteiger partial charge in [-0.3, -0.25) is 0 Å². The Kier molecular flexibility index (Phi) is 5.67. The summed E-state index contributed by atoms with van der Waals surface area (Å²) in [7, 11) is 0. The minimum atomic E-state index is 0.189. The molecule has 106 valence electrons. The van der Waals surface area contributed by atoms with Gasteiger partial charge in [0.15, 0.2) is 0 Å². The molecule has 0 aliphatic heterocycles. The van der Waals surface area contributed by atoms with Crippen molar-refractivity contribution in [3.05, 3.63) is 67.6 Å². The van der Waals surface area contributed by atoms with Crippen LogP contribution in [-0.2, 0) is 0 Å². The minimum absolute atomic E-state index is 0.189. The van der Waals surface area contributed by atoms with Gasteiger partial charge in [0.2, 0.25) is 0 Å². The second-order valence-corrected chi connectivity index (χ2v) is 6.97. The molecule has 0 heterocycles. The minimum Gasteiger partial charge on any atom is -0.304 e. The summed E-state index contributed by atoms with van der Waals surface area (Å²) in [4.78, 5) is 0. The van der Waals surface area contributed by atoms with Gasteiger partial charge in [-0.05, 0) is 43.2 Å². The van der Waals surface area contributed by atoms with Crippen LogP contribution in [0.25, 0.3) is 0 Å². The Morgan fingerprint density at radius 1 is 0.950 bits per heavy atom. The molecule has 0 saturated heterocycles. The van der Waals surface area contributed by atoms with E-state index in [1.54, 1.807) is 0 Å². The van der Waals surface area contributed by atoms with Crippen LogP contribution in [0.2, 0.25) is 5.02 Å². The lowest BCUT2D eigenvalue weighted by atomic mass is 10.0. The van der Waals surface area contributed by atoms with Gasteiger partial charge in [0.05, 0.1) is 0 Å². The Morgan fingerprint density at radius 3 is 2.25 bits per heavy atom. The number of halogens is 3. The molecule has 2 rings (SSSR count). The number of rotatable bonds is 4. The summed E-state index contributed by atoms with van der Waals surface area (Å²) in [6.07, 6.45) is 0. The average molecular weight is 418 g/mol. The van der Waals surface area contributed by atoms with E-state index in [4.69, 9.17) is 11.6 Å². The Balaban J connectivity index is 2.15. The van der Waals surface area contributed by atoms with Crippen molar-refractivity contribution in [2.75, 3.05) is 0 Å². The predicted octanol–water partition coefficient (Wildman–Crippen LogP) is 6.28. The molecule has 0 saturated carbocycles. The van der Waals surface area contributed by atoms with Crippen LogP contribution in [0.4, 0.5) is 0 Å². The van der Waals surface area contributed by atoms with Crippen LogP contribution >= 0.6 is 43.5 Å². The van der Waals surface area contributed by atoms with E-state index >= 15 is 0 Å². The fraction of sp³-hybridized carbons (Fsp3) is 0.250. The SMILES string of the molecule is CC(N[C@@H](C)c1ccccc1Cl)c1ccc(Br)cc1Br. The zero-order valence-corrected chi connectivity index (χ0v) is 15.3. The highest BCUT2D eigenvalue weighted by atomic mass is 79.9. The number of hydrogen-bond donors (Lipinski definition) is 1. The third kappa shape index (κ3) is 3.85. The van der Waals surface area contributed by atoms with Gasteiger partial charge in [0.25, 0.3) is 0 Å². The van der Waals surface area contributed by atoms with E-state index in [2.05, 4.69) is 75.3 Å². The number of nitrogens with one attached hydrogen (secondary N) is 1. The van der Waals surface area contributed by atoms with Crippen molar-refractivity contribution in [2.45, 2.75) is 25.9 Å². The van der Waals surface area contributed by atoms with Crippen LogP contribution in [-0.4, -0.2) is 0 Å². The Morgan fingerprint density at radius 2 is 1.60 bits per heavy atom. The average Bonchev–Trinajstić information content (AvgIpc) is 2.38. The molecule has 0 radical (unpaired) electrons. The van der Waals surface area contributed by atoms with Crippen LogP contribution in [0.3, 0.4) is 0 Å². The Hall–Kier alpha value is -0.350. The Bertz CT molecular complexity index is 601. The fourth-order valence-electron chi connectivity index (χ4n) is 2.23. The van der Waals surface area contributed by atoms with Crippen LogP contribution in [0.1, 0.15) is 37.1 Å². The topological polar surface area (TPSA) is 12.0 Å². The zero-order valence-electron chi connectivity index (χ0n) is 11.3. The van der Waals surface area contributed by atoms with Crippen molar-refractivity contribution in [1.82, 2.24) is 5.32 Å². The molecule has 0 fully saturated rings. The first-order chi connectivity index (χ1) is 9.49. The van der Waals surface area contributed by atoms with Crippen molar-refractivity contribution in [2.24, 2.45) is 0 Å². The third-order valence-corrected chi connectivity index (χ3v) is 4.82. The maximum absolute atomic E-state index is 6.25. The summed E-state index contributed by atoms with van der Waals surface area (Å²) in [5, 5.41) is 4.38. The van der Waals surface area contributed by atoms with E-state index in [-0.39, 0.29) is 12.1 Å². The number of benzene rings is 2. The van der Waals surface area contributed by atoms with Gasteiger partial charge in [-0.2, -0.15) is 0 Å². The monoisotopic (exact) mass is 415 g/mol. The molecule has 20 heavy (non-hydrogen) atoms. The molecule has 0 aromatic heterocycles. The number of hydrogen-bond acceptors (Lipinski definition) is 1. The summed E-state index contributed by atoms with van der Waals surface area (Å²) in [5.41, 5.74) is 2.35. The molecule has 1 N–H and O–H groups in total. The quantitative estimate of drug-likeness (QED) is 0.618. The standard InChI is InChI=1S/C16H16Br2ClN/c1-10(13-8-7-12(17)9-15(13)18)20-11(2)14-5-3-4-6-16(14)19/h3-11,20H,1-2H3/t10?,11-/m0/s1. The van der Waals surface area contributed by atoms with Gasteiger partial charge >= 0.3 is 0 Å². The molecule has 1 nitrogen and oxygen atoms in total. The molecule has 2 atom stereocenters. The zero-order chi connectivity index (χ0) is 14.7. The largest absolute Gasteiger partial charge is 0.304 e. The fourth-order valence-corrected chi connectivity index (χ4v) is 3.92. The van der Waals surface area contributed by atoms with Crippen molar-refractivity contribution in [3.63, 3.8) is 0 Å². The van der Waals surface area contributed by atoms with E-state index in [1.165, 1.54) is 5.56 Å². The van der Waals surface area contributed by atoms with Crippen molar-refractivity contribution >= 4 is 43.5 Å². The van der Waals surface area contributed by atoms with Gasteiger partial charge < -0.3 is 5.32 Å². The molecule has 2 aromatic carbocycles. The molecule has 1 unspecified atom stereocenters. The maximum Gasteiger partial charge on any atom is 0.0453 e. The van der Waals surface area contributed by atoms with E-state index in [0.29, 0.717) is 0 Å². The molecular weight excluding hydrogens is 401 g/mol. The van der Waals surface area contributed by atoms with E-state index in [1.807, 2.05) is 18.2 Å². The summed E-state index contributed by atoms with van der Waals surface area (Å²) in [6.45, 7) is 4.28. The van der Waals surface area contributed by atoms with Gasteiger partial charge in [0, 0.05) is 26.1 Å². The van der Waals surface area contributed by atoms with Crippen molar-refractivity contribution < 1.29 is 0 Å². The first-order valence-corrected chi connectivity index (χ1v) is 8.41. The van der Waals surface area contributed by atoms with Gasteiger partial charge in [-0.15, -0.1) is 0 Å². The lowest BCUT2D eigenvalue weighted by Crippen LogP contribution is -2.23. The lowest BCUT2D eigenvalue weighted by Gasteiger charge is -2.22. The Labute approximate surface area is 142 Å². The van der Waals surface area contributed by atoms with E-state index in [0.717, 1.165) is 19.5 Å². The lowest BCUT2D eigenvalue weighted by molar-refractivity contribution is 0.493. The summed E-state index contributed by atoms with van der Waals surface area (Å²) >= 11 is 13.3. The van der Waals surface area contributed by atoms with Gasteiger partial charge in [-0.1, -0.05) is 67.7 Å². The first-order valence-electron chi connectivity index (χ1n) is 6.44. The smallest absolute Gasteiger partial charge is 0.0453 e. The normalized spacial score (nSPS) is 14.1. The molecule has 0 aliphatic carbocycles. The highest BCUT2D eigenvalue weighted by molar-refractivity contribution is 9.11. The molecule has 4 heteroatoms. The van der Waals surface area contributed by atoms with Gasteiger partial charge in [0.1, 0.15) is 0 Å². The second-order valence-electron chi connectivity index (χ2n) is 4.80. The molecule has 0 aliphatic rings. The van der Waals surface area contributed by atoms with E-state index < -0.39 is 0 Å². The van der Waals surface area contributed by atoms with Crippen molar-refractivity contribution in [3.8, 4) is 0 Å². The molecule has 0 amide bonds. The first kappa shape index (κ1) is 16.0.